The Kier molecular flexibility index (Phi) is 20.5. The van der Waals surface area contributed by atoms with Gasteiger partial charge < -0.3 is 24.7 Å². The van der Waals surface area contributed by atoms with Crippen LogP contribution in [0.3, 0.4) is 0 Å². The Hall–Kier alpha value is -2.71. The second-order valence-electron chi connectivity index (χ2n) is 14.3. The molecule has 0 aromatic heterocycles. The van der Waals surface area contributed by atoms with Gasteiger partial charge in [0.15, 0.2) is 0 Å². The van der Waals surface area contributed by atoms with E-state index in [2.05, 4.69) is 13.0 Å². The first-order valence-corrected chi connectivity index (χ1v) is 19.3. The molecule has 1 aromatic carbocycles. The predicted molar refractivity (Wildman–Crippen MR) is 200 cm³/mol. The molecule has 1 heterocycles. The molecule has 8 nitrogen and oxygen atoms in total. The first-order chi connectivity index (χ1) is 23.5. The summed E-state index contributed by atoms with van der Waals surface area (Å²) in [4.78, 5) is 32.8. The molecule has 0 radical (unpaired) electrons. The van der Waals surface area contributed by atoms with Crippen molar-refractivity contribution >= 4 is 17.7 Å². The molecule has 0 fully saturated rings. The Balaban J connectivity index is 2.41. The van der Waals surface area contributed by atoms with E-state index in [4.69, 9.17) is 29.7 Å². The number of nitrogens with zero attached hydrogens (tertiary/aromatic N) is 1. The fourth-order valence-corrected chi connectivity index (χ4v) is 6.59. The van der Waals surface area contributed by atoms with Crippen LogP contribution in [-0.2, 0) is 30.2 Å². The van der Waals surface area contributed by atoms with E-state index in [1.807, 2.05) is 60.6 Å². The van der Waals surface area contributed by atoms with Gasteiger partial charge in [-0.1, -0.05) is 96.1 Å². The van der Waals surface area contributed by atoms with Crippen molar-refractivity contribution in [3.05, 3.63) is 40.6 Å². The summed E-state index contributed by atoms with van der Waals surface area (Å²) in [6, 6.07) is 6.04. The quantitative estimate of drug-likeness (QED) is 0.0807. The van der Waals surface area contributed by atoms with Gasteiger partial charge in [0.25, 0.3) is 0 Å². The van der Waals surface area contributed by atoms with Crippen LogP contribution in [0.1, 0.15) is 156 Å². The molecule has 1 aliphatic rings. The van der Waals surface area contributed by atoms with Crippen molar-refractivity contribution in [2.75, 3.05) is 19.8 Å². The van der Waals surface area contributed by atoms with Gasteiger partial charge in [-0.25, -0.2) is 4.79 Å². The van der Waals surface area contributed by atoms with E-state index in [9.17, 15) is 9.59 Å². The summed E-state index contributed by atoms with van der Waals surface area (Å²) in [6.07, 6.45) is 16.7. The second-order valence-corrected chi connectivity index (χ2v) is 14.3. The fraction of sp³-hybridized carbons (Fsp3) is 0.732. The van der Waals surface area contributed by atoms with Crippen molar-refractivity contribution < 1.29 is 28.5 Å². The minimum absolute atomic E-state index is 0.0703. The number of carbonyl (C=O) groups is 2. The first kappa shape index (κ1) is 42.5. The Morgan fingerprint density at radius 1 is 0.796 bits per heavy atom. The number of nitrogens with two attached hydrogens (primary N) is 1. The molecule has 0 amide bonds. The highest BCUT2D eigenvalue weighted by Crippen LogP contribution is 2.46. The maximum absolute atomic E-state index is 14.0. The number of rotatable bonds is 25. The molecule has 278 valence electrons. The van der Waals surface area contributed by atoms with Crippen molar-refractivity contribution in [1.29, 1.82) is 0 Å². The summed E-state index contributed by atoms with van der Waals surface area (Å²) in [6.45, 7) is 16.1. The number of carbonyl (C=O) groups excluding carboxylic acids is 2. The minimum atomic E-state index is -0.835. The average Bonchev–Trinajstić information content (AvgIpc) is 3.02. The van der Waals surface area contributed by atoms with Crippen molar-refractivity contribution in [3.63, 3.8) is 0 Å². The molecule has 2 N–H and O–H groups in total. The Morgan fingerprint density at radius 3 is 1.90 bits per heavy atom. The van der Waals surface area contributed by atoms with Crippen LogP contribution in [0, 0.1) is 5.92 Å². The molecule has 2 atom stereocenters. The minimum Gasteiger partial charge on any atom is -0.491 e. The van der Waals surface area contributed by atoms with Crippen LogP contribution in [0.2, 0.25) is 0 Å². The number of aryl methyl sites for hydroxylation is 1. The van der Waals surface area contributed by atoms with Crippen LogP contribution in [0.4, 0.5) is 0 Å². The predicted octanol–water partition coefficient (Wildman–Crippen LogP) is 9.41. The lowest BCUT2D eigenvalue weighted by molar-refractivity contribution is -0.150. The zero-order valence-electron chi connectivity index (χ0n) is 32.1. The summed E-state index contributed by atoms with van der Waals surface area (Å²) in [5.41, 5.74) is 8.92. The maximum atomic E-state index is 14.0. The smallest absolute Gasteiger partial charge is 0.336 e. The van der Waals surface area contributed by atoms with E-state index < -0.39 is 23.8 Å². The van der Waals surface area contributed by atoms with Crippen molar-refractivity contribution in [2.24, 2.45) is 16.6 Å². The van der Waals surface area contributed by atoms with E-state index in [1.165, 1.54) is 70.6 Å². The van der Waals surface area contributed by atoms with Gasteiger partial charge in [-0.15, -0.1) is 0 Å². The summed E-state index contributed by atoms with van der Waals surface area (Å²) < 4.78 is 23.9. The number of hydrogen-bond acceptors (Lipinski definition) is 8. The molecule has 0 saturated carbocycles. The van der Waals surface area contributed by atoms with E-state index in [-0.39, 0.29) is 24.9 Å². The molecule has 2 unspecified atom stereocenters. The molecule has 49 heavy (non-hydrogen) atoms. The van der Waals surface area contributed by atoms with E-state index in [0.29, 0.717) is 35.9 Å². The van der Waals surface area contributed by atoms with Gasteiger partial charge in [0, 0.05) is 23.7 Å². The lowest BCUT2D eigenvalue weighted by Crippen LogP contribution is -2.39. The normalized spacial score (nSPS) is 16.4. The van der Waals surface area contributed by atoms with Gasteiger partial charge in [0.05, 0.1) is 42.8 Å². The molecule has 1 aromatic rings. The van der Waals surface area contributed by atoms with Crippen LogP contribution in [-0.4, -0.2) is 55.7 Å². The van der Waals surface area contributed by atoms with Gasteiger partial charge in [-0.05, 0) is 72.9 Å². The standard InChI is InChI=1S/C41H68N2O6/c1-9-10-11-12-13-14-15-16-17-18-19-20-21-23-33-24-22-25-35(47-29(2)3)37(33)39-36(40(44)48-30(4)5)32(8)43-34(28-46-27-26-42)38(39)41(45)49-31(6)7/h22,24-25,29-31,36,39H,9-21,23,26-28,42H2,1-8H3. The molecule has 0 bridgehead atoms. The highest BCUT2D eigenvalue weighted by atomic mass is 16.5. The third-order valence-electron chi connectivity index (χ3n) is 8.77. The monoisotopic (exact) mass is 685 g/mol. The average molecular weight is 685 g/mol. The van der Waals surface area contributed by atoms with Crippen LogP contribution in [0.5, 0.6) is 5.75 Å². The SMILES string of the molecule is CCCCCCCCCCCCCCCc1cccc(OC(C)C)c1C1C(C(=O)OC(C)C)=C(COCCN)N=C(C)C1C(=O)OC(C)C. The lowest BCUT2D eigenvalue weighted by atomic mass is 9.73. The van der Waals surface area contributed by atoms with Gasteiger partial charge in [0.2, 0.25) is 0 Å². The van der Waals surface area contributed by atoms with Gasteiger partial charge >= 0.3 is 11.9 Å². The molecule has 8 heteroatoms. The lowest BCUT2D eigenvalue weighted by Gasteiger charge is -2.35. The molecule has 0 aliphatic carbocycles. The first-order valence-electron chi connectivity index (χ1n) is 19.3. The van der Waals surface area contributed by atoms with Gasteiger partial charge in [-0.3, -0.25) is 9.79 Å². The third-order valence-corrected chi connectivity index (χ3v) is 8.77. The topological polar surface area (TPSA) is 109 Å². The number of aliphatic imine (C=N–C) groups is 1. The summed E-state index contributed by atoms with van der Waals surface area (Å²) >= 11 is 0. The number of unbranched alkanes of at least 4 members (excludes halogenated alkanes) is 12. The van der Waals surface area contributed by atoms with Crippen LogP contribution in [0.15, 0.2) is 34.5 Å². The number of benzene rings is 1. The molecule has 2 rings (SSSR count). The highest BCUT2D eigenvalue weighted by Gasteiger charge is 2.45. The molecule has 0 spiro atoms. The molecular formula is C41H68N2O6. The van der Waals surface area contributed by atoms with E-state index >= 15 is 0 Å². The second kappa shape index (κ2) is 23.7. The van der Waals surface area contributed by atoms with E-state index in [1.54, 1.807) is 0 Å². The van der Waals surface area contributed by atoms with E-state index in [0.717, 1.165) is 30.4 Å². The Morgan fingerprint density at radius 2 is 1.37 bits per heavy atom. The van der Waals surface area contributed by atoms with Crippen molar-refractivity contribution in [1.82, 2.24) is 0 Å². The van der Waals surface area contributed by atoms with Crippen molar-refractivity contribution in [3.8, 4) is 5.75 Å². The zero-order valence-corrected chi connectivity index (χ0v) is 32.1. The molecular weight excluding hydrogens is 616 g/mol. The van der Waals surface area contributed by atoms with Gasteiger partial charge in [-0.2, -0.15) is 0 Å². The largest absolute Gasteiger partial charge is 0.491 e. The number of hydrogen-bond donors (Lipinski definition) is 1. The summed E-state index contributed by atoms with van der Waals surface area (Å²) in [7, 11) is 0. The van der Waals surface area contributed by atoms with Crippen LogP contribution < -0.4 is 10.5 Å². The van der Waals surface area contributed by atoms with Crippen LogP contribution in [0.25, 0.3) is 0 Å². The number of esters is 2. The molecule has 1 aliphatic heterocycles. The fourth-order valence-electron chi connectivity index (χ4n) is 6.59. The Labute approximate surface area is 298 Å². The van der Waals surface area contributed by atoms with Crippen molar-refractivity contribution in [2.45, 2.75) is 170 Å². The van der Waals surface area contributed by atoms with Gasteiger partial charge in [0.1, 0.15) is 11.7 Å². The zero-order chi connectivity index (χ0) is 36.2. The summed E-state index contributed by atoms with van der Waals surface area (Å²) in [5, 5.41) is 0. The third kappa shape index (κ3) is 15.0. The maximum Gasteiger partial charge on any atom is 0.336 e. The van der Waals surface area contributed by atoms with Crippen LogP contribution >= 0.6 is 0 Å². The number of ether oxygens (including phenoxy) is 4. The summed E-state index contributed by atoms with van der Waals surface area (Å²) in [5.74, 6) is -1.85. The Bertz CT molecular complexity index is 1190. The molecule has 0 saturated heterocycles. The highest BCUT2D eigenvalue weighted by molar-refractivity contribution is 6.07.